The number of carbonyl (C=O) groups excluding carboxylic acids is 8. The molecule has 0 radical (unpaired) electrons. The van der Waals surface area contributed by atoms with Crippen molar-refractivity contribution in [3.8, 4) is 11.1 Å². The van der Waals surface area contributed by atoms with E-state index in [4.69, 9.17) is 0 Å². The fraction of sp³-hybridized carbons (Fsp3) is 0.362. The topological polar surface area (TPSA) is 234 Å². The second-order valence-corrected chi connectivity index (χ2v) is 23.4. The van der Waals surface area contributed by atoms with Crippen LogP contribution in [0.4, 0.5) is 21.0 Å². The molecule has 19 nitrogen and oxygen atoms in total. The summed E-state index contributed by atoms with van der Waals surface area (Å²) in [5.41, 5.74) is 7.97. The first kappa shape index (κ1) is 61.7. The molecule has 0 aliphatic carbocycles. The van der Waals surface area contributed by atoms with Gasteiger partial charge in [0.05, 0.1) is 31.2 Å². The normalized spacial score (nSPS) is 20.6. The Bertz CT molecular complexity index is 3420. The molecule has 6 aromatic rings. The number of benzene rings is 6. The van der Waals surface area contributed by atoms with Crippen LogP contribution < -0.4 is 37.2 Å². The predicted molar refractivity (Wildman–Crippen MR) is 337 cm³/mol. The fourth-order valence-corrected chi connectivity index (χ4v) is 12.7. The summed E-state index contributed by atoms with van der Waals surface area (Å²) in [7, 11) is 1.65. The Hall–Kier alpha value is -9.36. The van der Waals surface area contributed by atoms with Gasteiger partial charge in [-0.05, 0) is 135 Å². The summed E-state index contributed by atoms with van der Waals surface area (Å²) in [5, 5.41) is 21.3. The third kappa shape index (κ3) is 14.1. The maximum atomic E-state index is 14.8. The van der Waals surface area contributed by atoms with Gasteiger partial charge in [0.25, 0.3) is 0 Å². The zero-order chi connectivity index (χ0) is 62.0. The second kappa shape index (κ2) is 28.0. The molecular formula is C69H79N11O8. The van der Waals surface area contributed by atoms with Gasteiger partial charge in [0.15, 0.2) is 0 Å². The average molecular weight is 1190 g/mol. The molecule has 0 aromatic heterocycles. The highest BCUT2D eigenvalue weighted by molar-refractivity contribution is 5.97. The lowest BCUT2D eigenvalue weighted by atomic mass is 9.98. The lowest BCUT2D eigenvalue weighted by Crippen LogP contribution is -2.62. The molecule has 10 amide bonds. The molecule has 7 N–H and O–H groups in total. The lowest BCUT2D eigenvalue weighted by Gasteiger charge is -2.39. The minimum Gasteiger partial charge on any atom is -0.343 e. The highest BCUT2D eigenvalue weighted by atomic mass is 16.2. The maximum absolute atomic E-state index is 14.8. The van der Waals surface area contributed by atoms with E-state index < -0.39 is 72.1 Å². The van der Waals surface area contributed by atoms with E-state index in [0.29, 0.717) is 49.9 Å². The zero-order valence-corrected chi connectivity index (χ0v) is 50.5. The van der Waals surface area contributed by atoms with Crippen LogP contribution in [-0.4, -0.2) is 143 Å². The van der Waals surface area contributed by atoms with Crippen molar-refractivity contribution in [2.24, 2.45) is 0 Å². The van der Waals surface area contributed by atoms with E-state index in [-0.39, 0.29) is 62.4 Å². The molecule has 4 saturated heterocycles. The minimum absolute atomic E-state index is 0.0985. The molecule has 0 saturated carbocycles. The molecule has 4 aliphatic rings. The summed E-state index contributed by atoms with van der Waals surface area (Å²) in [5.74, 6) is -2.17. The van der Waals surface area contributed by atoms with Gasteiger partial charge in [-0.1, -0.05) is 140 Å². The highest BCUT2D eigenvalue weighted by Gasteiger charge is 2.48. The Morgan fingerprint density at radius 1 is 0.500 bits per heavy atom. The molecule has 458 valence electrons. The zero-order valence-electron chi connectivity index (χ0n) is 50.5. The number of urea groups is 2. The van der Waals surface area contributed by atoms with Gasteiger partial charge in [-0.25, -0.2) is 9.59 Å². The highest BCUT2D eigenvalue weighted by Crippen LogP contribution is 2.35. The number of likely N-dealkylation sites (N-methyl/N-ethyl adjacent to an activating group) is 1. The van der Waals surface area contributed by atoms with Crippen LogP contribution in [0, 0.1) is 13.8 Å². The maximum Gasteiger partial charge on any atom is 0.321 e. The van der Waals surface area contributed by atoms with Gasteiger partial charge in [0.1, 0.15) is 24.2 Å². The summed E-state index contributed by atoms with van der Waals surface area (Å²) >= 11 is 0. The SMILES string of the molecule is CCC(=O)NC1CN(C(=O)Nc2ccc(-c3ccc(NC(=O)N4CCC5CCC(C(=O)NC(c6ccccc6)c6ccccc6)N5C(=O)C(NC(=O)C(C)NC)C4)c(C)c3)cc2C)CCC2CCC(C(=O)NC(c3ccccc3)c3ccccc3)N2C1=O. The first-order valence-corrected chi connectivity index (χ1v) is 30.6. The Kier molecular flexibility index (Phi) is 19.6. The van der Waals surface area contributed by atoms with E-state index in [1.54, 1.807) is 40.5 Å². The van der Waals surface area contributed by atoms with Gasteiger partial charge in [-0.2, -0.15) is 0 Å². The molecular weight excluding hydrogens is 1110 g/mol. The first-order valence-electron chi connectivity index (χ1n) is 30.6. The number of hydrogen-bond donors (Lipinski definition) is 7. The van der Waals surface area contributed by atoms with Crippen molar-refractivity contribution in [1.29, 1.82) is 0 Å². The summed E-state index contributed by atoms with van der Waals surface area (Å²) in [6.07, 6.45) is 2.93. The van der Waals surface area contributed by atoms with E-state index in [2.05, 4.69) is 37.2 Å². The van der Waals surface area contributed by atoms with Crippen molar-refractivity contribution in [2.45, 2.75) is 127 Å². The van der Waals surface area contributed by atoms with Crippen molar-refractivity contribution < 1.29 is 38.4 Å². The number of nitrogens with zero attached hydrogens (tertiary/aromatic N) is 4. The van der Waals surface area contributed by atoms with Crippen molar-refractivity contribution in [2.75, 3.05) is 43.9 Å². The van der Waals surface area contributed by atoms with Crippen LogP contribution in [0.5, 0.6) is 0 Å². The van der Waals surface area contributed by atoms with Gasteiger partial charge >= 0.3 is 12.1 Å². The van der Waals surface area contributed by atoms with Crippen LogP contribution in [0.1, 0.15) is 104 Å². The number of aryl methyl sites for hydroxylation is 2. The second-order valence-electron chi connectivity index (χ2n) is 23.4. The van der Waals surface area contributed by atoms with Gasteiger partial charge in [-0.15, -0.1) is 0 Å². The summed E-state index contributed by atoms with van der Waals surface area (Å²) in [6, 6.07) is 43.2. The van der Waals surface area contributed by atoms with Gasteiger partial charge in [-0.3, -0.25) is 28.8 Å². The van der Waals surface area contributed by atoms with E-state index in [9.17, 15) is 38.4 Å². The number of fused-ring (bicyclic) bond motifs is 2. The van der Waals surface area contributed by atoms with Crippen molar-refractivity contribution in [3.05, 3.63) is 191 Å². The standard InChI is InChI=1S/C69H79N11O8/c1-6-60(81)71-56-41-77(37-35-52-29-33-58(79(52)66(56)85)64(83)75-61(46-19-11-7-12-20-46)47-21-13-8-14-22-47)68(87)73-54-31-27-50(39-43(54)2)51-28-32-55(44(3)40-51)74-69(88)78-38-36-53-30-34-59(80(53)67(86)57(42-78)72-63(82)45(4)70-5)65(84)76-62(48-23-15-9-16-24-48)49-25-17-10-18-26-49/h7-28,31-32,39-40,45,52-53,56-59,61-62,70H,6,29-30,33-38,41-42H2,1-5H3,(H,71,81)(H,72,82)(H,73,87)(H,74,88)(H,75,83)(H,76,84). The molecule has 0 bridgehead atoms. The monoisotopic (exact) mass is 1190 g/mol. The van der Waals surface area contributed by atoms with E-state index in [0.717, 1.165) is 44.5 Å². The first-order chi connectivity index (χ1) is 42.6. The molecule has 7 unspecified atom stereocenters. The van der Waals surface area contributed by atoms with E-state index in [1.165, 1.54) is 0 Å². The Labute approximate surface area is 514 Å². The Balaban J connectivity index is 0.788. The average Bonchev–Trinajstić information content (AvgIpc) is 2.91. The molecule has 4 aliphatic heterocycles. The third-order valence-electron chi connectivity index (χ3n) is 17.7. The van der Waals surface area contributed by atoms with E-state index >= 15 is 0 Å². The van der Waals surface area contributed by atoms with Gasteiger partial charge < -0.3 is 56.8 Å². The minimum atomic E-state index is -1.14. The van der Waals surface area contributed by atoms with Crippen LogP contribution >= 0.6 is 0 Å². The van der Waals surface area contributed by atoms with Crippen molar-refractivity contribution >= 4 is 58.9 Å². The largest absolute Gasteiger partial charge is 0.343 e. The lowest BCUT2D eigenvalue weighted by molar-refractivity contribution is -0.144. The smallest absolute Gasteiger partial charge is 0.321 e. The molecule has 88 heavy (non-hydrogen) atoms. The van der Waals surface area contributed by atoms with Gasteiger partial charge in [0, 0.05) is 43.0 Å². The number of carbonyl (C=O) groups is 8. The van der Waals surface area contributed by atoms with Crippen LogP contribution in [0.15, 0.2) is 158 Å². The molecule has 6 aromatic carbocycles. The Morgan fingerprint density at radius 3 is 1.23 bits per heavy atom. The molecule has 19 heteroatoms. The number of anilines is 2. The number of rotatable bonds is 16. The third-order valence-corrected chi connectivity index (χ3v) is 17.7. The molecule has 0 spiro atoms. The summed E-state index contributed by atoms with van der Waals surface area (Å²) < 4.78 is 0. The van der Waals surface area contributed by atoms with E-state index in [1.807, 2.05) is 172 Å². The number of amides is 10. The number of nitrogens with one attached hydrogen (secondary N) is 7. The molecule has 10 rings (SSSR count). The number of hydrogen-bond acceptors (Lipinski definition) is 9. The molecule has 4 heterocycles. The van der Waals surface area contributed by atoms with Crippen molar-refractivity contribution in [3.63, 3.8) is 0 Å². The Morgan fingerprint density at radius 2 is 0.875 bits per heavy atom. The van der Waals surface area contributed by atoms with Crippen LogP contribution in [0.3, 0.4) is 0 Å². The fourth-order valence-electron chi connectivity index (χ4n) is 12.7. The van der Waals surface area contributed by atoms with Gasteiger partial charge in [0.2, 0.25) is 35.4 Å². The predicted octanol–water partition coefficient (Wildman–Crippen LogP) is 7.96. The molecule has 4 fully saturated rings. The summed E-state index contributed by atoms with van der Waals surface area (Å²) in [6.45, 7) is 7.47. The summed E-state index contributed by atoms with van der Waals surface area (Å²) in [4.78, 5) is 120. The van der Waals surface area contributed by atoms with Crippen LogP contribution in [0.25, 0.3) is 11.1 Å². The quantitative estimate of drug-likeness (QED) is 0.0497. The van der Waals surface area contributed by atoms with Crippen molar-refractivity contribution in [1.82, 2.24) is 46.2 Å². The molecule has 7 atom stereocenters. The van der Waals surface area contributed by atoms with Crippen LogP contribution in [-0.2, 0) is 28.8 Å². The van der Waals surface area contributed by atoms with Crippen LogP contribution in [0.2, 0.25) is 0 Å².